The zero-order valence-corrected chi connectivity index (χ0v) is 14.2. The number of aryl methyl sites for hydroxylation is 1. The lowest BCUT2D eigenvalue weighted by atomic mass is 10.1. The quantitative estimate of drug-likeness (QED) is 0.862. The third-order valence-electron chi connectivity index (χ3n) is 4.03. The highest BCUT2D eigenvalue weighted by molar-refractivity contribution is 7.88. The molecule has 0 unspecified atom stereocenters. The number of aromatic nitrogens is 2. The van der Waals surface area contributed by atoms with Crippen molar-refractivity contribution in [1.82, 2.24) is 14.5 Å². The Hall–Kier alpha value is -1.77. The maximum Gasteiger partial charge on any atom is 0.216 e. The summed E-state index contributed by atoms with van der Waals surface area (Å²) >= 11 is 0. The maximum atomic E-state index is 12.9. The van der Waals surface area contributed by atoms with Gasteiger partial charge in [-0.15, -0.1) is 0 Å². The van der Waals surface area contributed by atoms with E-state index in [1.807, 2.05) is 13.0 Å². The minimum absolute atomic E-state index is 0.191. The molecular formula is C16H20FN3O3S. The lowest BCUT2D eigenvalue weighted by molar-refractivity contribution is 0.0951. The monoisotopic (exact) mass is 353 g/mol. The lowest BCUT2D eigenvalue weighted by Gasteiger charge is -2.20. The maximum absolute atomic E-state index is 12.9. The third-order valence-corrected chi connectivity index (χ3v) is 5.41. The fourth-order valence-corrected chi connectivity index (χ4v) is 4.34. The highest BCUT2D eigenvalue weighted by Crippen LogP contribution is 2.29. The van der Waals surface area contributed by atoms with Crippen molar-refractivity contribution in [2.75, 3.05) is 6.61 Å². The van der Waals surface area contributed by atoms with Crippen LogP contribution in [0.4, 0.5) is 4.39 Å². The third kappa shape index (κ3) is 3.82. The average Bonchev–Trinajstić information content (AvgIpc) is 3.17. The second-order valence-electron chi connectivity index (χ2n) is 5.76. The molecule has 0 amide bonds. The molecule has 2 aromatic rings. The molecule has 0 aliphatic carbocycles. The number of hydrogen-bond donors (Lipinski definition) is 1. The molecule has 1 aliphatic rings. The first-order chi connectivity index (χ1) is 11.5. The van der Waals surface area contributed by atoms with Crippen molar-refractivity contribution in [3.05, 3.63) is 53.6 Å². The molecule has 8 heteroatoms. The summed E-state index contributed by atoms with van der Waals surface area (Å²) in [5.41, 5.74) is 1.41. The van der Waals surface area contributed by atoms with Gasteiger partial charge >= 0.3 is 0 Å². The molecule has 2 heterocycles. The molecule has 130 valence electrons. The molecule has 0 radical (unpaired) electrons. The smallest absolute Gasteiger partial charge is 0.216 e. The summed E-state index contributed by atoms with van der Waals surface area (Å²) in [5.74, 6) is -0.579. The van der Waals surface area contributed by atoms with E-state index in [-0.39, 0.29) is 23.7 Å². The van der Waals surface area contributed by atoms with Crippen LogP contribution in [0.3, 0.4) is 0 Å². The van der Waals surface area contributed by atoms with E-state index in [4.69, 9.17) is 4.74 Å². The van der Waals surface area contributed by atoms with Gasteiger partial charge in [-0.3, -0.25) is 4.68 Å². The Kier molecular flexibility index (Phi) is 4.98. The van der Waals surface area contributed by atoms with Crippen LogP contribution in [-0.4, -0.2) is 30.8 Å². The summed E-state index contributed by atoms with van der Waals surface area (Å²) in [6.45, 7) is 3.15. The van der Waals surface area contributed by atoms with E-state index in [1.165, 1.54) is 24.3 Å². The van der Waals surface area contributed by atoms with Gasteiger partial charge in [0, 0.05) is 19.3 Å². The van der Waals surface area contributed by atoms with Gasteiger partial charge in [-0.05, 0) is 37.1 Å². The van der Waals surface area contributed by atoms with Gasteiger partial charge in [-0.25, -0.2) is 17.5 Å². The van der Waals surface area contributed by atoms with Crippen molar-refractivity contribution >= 4 is 10.0 Å². The van der Waals surface area contributed by atoms with Crippen LogP contribution in [0, 0.1) is 5.82 Å². The van der Waals surface area contributed by atoms with E-state index >= 15 is 0 Å². The fraction of sp³-hybridized carbons (Fsp3) is 0.438. The molecule has 0 saturated carbocycles. The van der Waals surface area contributed by atoms with Gasteiger partial charge in [0.2, 0.25) is 10.0 Å². The normalized spacial score (nSPS) is 21.2. The van der Waals surface area contributed by atoms with Crippen LogP contribution in [-0.2, 0) is 27.1 Å². The predicted molar refractivity (Wildman–Crippen MR) is 87.2 cm³/mol. The topological polar surface area (TPSA) is 73.2 Å². The minimum Gasteiger partial charge on any atom is -0.370 e. The second kappa shape index (κ2) is 7.00. The number of rotatable bonds is 6. The summed E-state index contributed by atoms with van der Waals surface area (Å²) in [5, 5.41) is 4.21. The van der Waals surface area contributed by atoms with E-state index in [9.17, 15) is 12.8 Å². The standard InChI is InChI=1S/C16H20FN3O3S/c1-2-20-15(7-9-18-20)16-14(8-10-23-16)19-24(21,22)11-12-3-5-13(17)6-4-12/h3-7,9,14,16,19H,2,8,10-11H2,1H3/t14-,16-/m0/s1. The van der Waals surface area contributed by atoms with Crippen molar-refractivity contribution < 1.29 is 17.5 Å². The van der Waals surface area contributed by atoms with Gasteiger partial charge in [0.1, 0.15) is 11.9 Å². The highest BCUT2D eigenvalue weighted by atomic mass is 32.2. The Morgan fingerprint density at radius 2 is 2.08 bits per heavy atom. The fourth-order valence-electron chi connectivity index (χ4n) is 2.92. The number of sulfonamides is 1. The molecule has 24 heavy (non-hydrogen) atoms. The van der Waals surface area contributed by atoms with E-state index in [0.29, 0.717) is 25.1 Å². The van der Waals surface area contributed by atoms with Crippen LogP contribution in [0.1, 0.15) is 30.7 Å². The molecule has 6 nitrogen and oxygen atoms in total. The molecule has 1 aliphatic heterocycles. The van der Waals surface area contributed by atoms with Gasteiger partial charge in [0.05, 0.1) is 17.5 Å². The first-order valence-electron chi connectivity index (χ1n) is 7.86. The van der Waals surface area contributed by atoms with Crippen molar-refractivity contribution in [1.29, 1.82) is 0 Å². The van der Waals surface area contributed by atoms with Crippen LogP contribution < -0.4 is 4.72 Å². The van der Waals surface area contributed by atoms with Gasteiger partial charge in [0.25, 0.3) is 0 Å². The number of ether oxygens (including phenoxy) is 1. The van der Waals surface area contributed by atoms with E-state index in [0.717, 1.165) is 5.69 Å². The number of hydrogen-bond acceptors (Lipinski definition) is 4. The number of halogens is 1. The van der Waals surface area contributed by atoms with Crippen LogP contribution in [0.25, 0.3) is 0 Å². The van der Waals surface area contributed by atoms with Crippen molar-refractivity contribution in [2.24, 2.45) is 0 Å². The van der Waals surface area contributed by atoms with E-state index < -0.39 is 10.0 Å². The molecule has 3 rings (SSSR count). The van der Waals surface area contributed by atoms with E-state index in [2.05, 4.69) is 9.82 Å². The van der Waals surface area contributed by atoms with Crippen molar-refractivity contribution in [3.63, 3.8) is 0 Å². The van der Waals surface area contributed by atoms with Gasteiger partial charge in [0.15, 0.2) is 0 Å². The zero-order valence-electron chi connectivity index (χ0n) is 13.4. The number of benzene rings is 1. The Morgan fingerprint density at radius 3 is 2.79 bits per heavy atom. The molecule has 1 aromatic carbocycles. The summed E-state index contributed by atoms with van der Waals surface area (Å²) in [6.07, 6.45) is 1.93. The zero-order chi connectivity index (χ0) is 17.2. The SMILES string of the molecule is CCn1nccc1[C@H]1OCC[C@@H]1NS(=O)(=O)Cc1ccc(F)cc1. The Bertz CT molecular complexity index is 789. The molecule has 0 spiro atoms. The molecule has 1 fully saturated rings. The number of nitrogens with zero attached hydrogens (tertiary/aromatic N) is 2. The Balaban J connectivity index is 1.72. The van der Waals surface area contributed by atoms with Gasteiger partial charge < -0.3 is 4.74 Å². The molecule has 1 saturated heterocycles. The van der Waals surface area contributed by atoms with Gasteiger partial charge in [-0.1, -0.05) is 12.1 Å². The molecule has 1 aromatic heterocycles. The highest BCUT2D eigenvalue weighted by Gasteiger charge is 2.34. The lowest BCUT2D eigenvalue weighted by Crippen LogP contribution is -2.38. The van der Waals surface area contributed by atoms with Crippen molar-refractivity contribution in [3.8, 4) is 0 Å². The van der Waals surface area contributed by atoms with Gasteiger partial charge in [-0.2, -0.15) is 5.10 Å². The van der Waals surface area contributed by atoms with Crippen LogP contribution in [0.15, 0.2) is 36.5 Å². The summed E-state index contributed by atoms with van der Waals surface area (Å²) in [6, 6.07) is 6.98. The van der Waals surface area contributed by atoms with Crippen molar-refractivity contribution in [2.45, 2.75) is 37.8 Å². The summed E-state index contributed by atoms with van der Waals surface area (Å²) < 4.78 is 48.0. The molecule has 2 atom stereocenters. The summed E-state index contributed by atoms with van der Waals surface area (Å²) in [4.78, 5) is 0. The first kappa shape index (κ1) is 17.1. The Labute approximate surface area is 140 Å². The molecule has 1 N–H and O–H groups in total. The Morgan fingerprint density at radius 1 is 1.33 bits per heavy atom. The predicted octanol–water partition coefficient (Wildman–Crippen LogP) is 1.99. The van der Waals surface area contributed by atoms with E-state index in [1.54, 1.807) is 10.9 Å². The number of nitrogens with one attached hydrogen (secondary N) is 1. The first-order valence-corrected chi connectivity index (χ1v) is 9.51. The van der Waals surface area contributed by atoms with Crippen LogP contribution in [0.5, 0.6) is 0 Å². The second-order valence-corrected chi connectivity index (χ2v) is 7.52. The largest absolute Gasteiger partial charge is 0.370 e. The minimum atomic E-state index is -3.56. The molecule has 0 bridgehead atoms. The van der Waals surface area contributed by atoms with Crippen LogP contribution in [0.2, 0.25) is 0 Å². The summed E-state index contributed by atoms with van der Waals surface area (Å²) in [7, 11) is -3.56. The average molecular weight is 353 g/mol. The molecular weight excluding hydrogens is 333 g/mol. The van der Waals surface area contributed by atoms with Crippen LogP contribution >= 0.6 is 0 Å².